The molecule has 0 fully saturated rings. The summed E-state index contributed by atoms with van der Waals surface area (Å²) in [6, 6.07) is 17.8. The number of unbranched alkanes of at least 4 members (excludes halogenated alkanes) is 6. The number of thiophene rings is 1. The number of rotatable bonds is 19. The van der Waals surface area contributed by atoms with Crippen LogP contribution in [0.2, 0.25) is 0 Å². The van der Waals surface area contributed by atoms with Crippen LogP contribution in [0.15, 0.2) is 75.1 Å². The fraction of sp³-hybridized carbons (Fsp3) is 0.455. The van der Waals surface area contributed by atoms with E-state index in [1.807, 2.05) is 49.4 Å². The minimum atomic E-state index is -0.108. The molecule has 0 saturated heterocycles. The third-order valence-corrected chi connectivity index (χ3v) is 8.93. The molecule has 0 atom stereocenters. The number of hydrogen-bond acceptors (Lipinski definition) is 11. The largest absolute Gasteiger partial charge is 0.494 e. The van der Waals surface area contributed by atoms with Gasteiger partial charge >= 0.3 is 5.97 Å². The first-order chi connectivity index (χ1) is 21.6. The van der Waals surface area contributed by atoms with E-state index in [0.29, 0.717) is 24.8 Å². The number of carbonyl (C=O) groups excluding carboxylic acids is 1. The van der Waals surface area contributed by atoms with Crippen LogP contribution < -0.4 is 9.64 Å². The van der Waals surface area contributed by atoms with Crippen molar-refractivity contribution in [3.8, 4) is 5.75 Å². The lowest BCUT2D eigenvalue weighted by atomic mass is 10.1. The smallest absolute Gasteiger partial charge is 0.305 e. The summed E-state index contributed by atoms with van der Waals surface area (Å²) in [6.45, 7) is 9.33. The van der Waals surface area contributed by atoms with Crippen molar-refractivity contribution in [1.82, 2.24) is 4.98 Å². The summed E-state index contributed by atoms with van der Waals surface area (Å²) in [5.74, 6) is 0.733. The van der Waals surface area contributed by atoms with Crippen LogP contribution in [0.4, 0.5) is 27.2 Å². The first kappa shape index (κ1) is 33.2. The second-order valence-electron chi connectivity index (χ2n) is 10.2. The van der Waals surface area contributed by atoms with Crippen molar-refractivity contribution in [1.29, 1.82) is 0 Å². The second kappa shape index (κ2) is 18.2. The Bertz CT molecular complexity index is 1450. The van der Waals surface area contributed by atoms with Crippen LogP contribution in [0.1, 0.15) is 72.1 Å². The molecule has 2 heterocycles. The Labute approximate surface area is 268 Å². The summed E-state index contributed by atoms with van der Waals surface area (Å²) in [4.78, 5) is 18.9. The Morgan fingerprint density at radius 1 is 0.750 bits per heavy atom. The van der Waals surface area contributed by atoms with Crippen LogP contribution in [0.25, 0.3) is 9.53 Å². The highest BCUT2D eigenvalue weighted by atomic mass is 32.1. The fourth-order valence-electron chi connectivity index (χ4n) is 4.51. The molecular weight excluding hydrogens is 593 g/mol. The zero-order valence-corrected chi connectivity index (χ0v) is 27.5. The molecule has 234 valence electrons. The molecule has 0 amide bonds. The van der Waals surface area contributed by atoms with Crippen molar-refractivity contribution in [2.24, 2.45) is 20.5 Å². The van der Waals surface area contributed by atoms with Gasteiger partial charge in [-0.25, -0.2) is 4.98 Å². The minimum Gasteiger partial charge on any atom is -0.494 e. The number of esters is 1. The van der Waals surface area contributed by atoms with Gasteiger partial charge in [-0.2, -0.15) is 0 Å². The van der Waals surface area contributed by atoms with Crippen molar-refractivity contribution in [3.63, 3.8) is 0 Å². The number of ether oxygens (including phenoxy) is 2. The molecule has 0 saturated carbocycles. The molecule has 2 aromatic carbocycles. The maximum absolute atomic E-state index is 11.1. The molecule has 4 rings (SSSR count). The Balaban J connectivity index is 1.14. The lowest BCUT2D eigenvalue weighted by Crippen LogP contribution is -2.21. The van der Waals surface area contributed by atoms with Crippen LogP contribution in [-0.2, 0) is 9.53 Å². The number of benzene rings is 2. The molecule has 0 aliphatic rings. The Kier molecular flexibility index (Phi) is 13.7. The van der Waals surface area contributed by atoms with Crippen LogP contribution in [0, 0.1) is 0 Å². The molecule has 0 aliphatic heterocycles. The summed E-state index contributed by atoms with van der Waals surface area (Å²) < 4.78 is 12.0. The van der Waals surface area contributed by atoms with Gasteiger partial charge in [0.1, 0.15) is 15.6 Å². The summed E-state index contributed by atoms with van der Waals surface area (Å²) >= 11 is 2.98. The average Bonchev–Trinajstić information content (AvgIpc) is 3.62. The van der Waals surface area contributed by atoms with Crippen molar-refractivity contribution < 1.29 is 14.3 Å². The van der Waals surface area contributed by atoms with Gasteiger partial charge in [0, 0.05) is 25.2 Å². The second-order valence-corrected chi connectivity index (χ2v) is 12.2. The number of carbonyl (C=O) groups is 1. The normalized spacial score (nSPS) is 11.6. The lowest BCUT2D eigenvalue weighted by molar-refractivity contribution is -0.143. The quantitative estimate of drug-likeness (QED) is 0.0580. The SMILES string of the molecule is CCC(=O)OCCCCCCCCCOc1ccc(N=Nc2cc3sc(N=Nc4ccc(N(CC)CC)cc4)nc3s2)cc1. The van der Waals surface area contributed by atoms with E-state index < -0.39 is 0 Å². The minimum absolute atomic E-state index is 0.108. The third kappa shape index (κ3) is 10.8. The van der Waals surface area contributed by atoms with Gasteiger partial charge < -0.3 is 14.4 Å². The molecule has 44 heavy (non-hydrogen) atoms. The van der Waals surface area contributed by atoms with Crippen LogP contribution in [-0.4, -0.2) is 37.3 Å². The number of nitrogens with zero attached hydrogens (tertiary/aromatic N) is 6. The molecule has 0 unspecified atom stereocenters. The van der Waals surface area contributed by atoms with Gasteiger partial charge in [0.15, 0.2) is 0 Å². The van der Waals surface area contributed by atoms with Crippen LogP contribution in [0.3, 0.4) is 0 Å². The number of thiazole rings is 1. The predicted octanol–water partition coefficient (Wildman–Crippen LogP) is 11.1. The van der Waals surface area contributed by atoms with E-state index in [2.05, 4.69) is 56.3 Å². The van der Waals surface area contributed by atoms with E-state index >= 15 is 0 Å². The third-order valence-electron chi connectivity index (χ3n) is 7.00. The molecule has 0 aliphatic carbocycles. The molecule has 11 heteroatoms. The highest BCUT2D eigenvalue weighted by Gasteiger charge is 2.09. The molecule has 0 bridgehead atoms. The van der Waals surface area contributed by atoms with Gasteiger partial charge in [-0.1, -0.05) is 61.7 Å². The monoisotopic (exact) mass is 634 g/mol. The lowest BCUT2D eigenvalue weighted by Gasteiger charge is -2.20. The Morgan fingerprint density at radius 2 is 1.36 bits per heavy atom. The van der Waals surface area contributed by atoms with Crippen molar-refractivity contribution in [2.45, 2.75) is 72.1 Å². The fourth-order valence-corrected chi connectivity index (χ4v) is 6.35. The first-order valence-corrected chi connectivity index (χ1v) is 17.2. The molecule has 0 N–H and O–H groups in total. The van der Waals surface area contributed by atoms with Gasteiger partial charge in [-0.15, -0.1) is 20.5 Å². The van der Waals surface area contributed by atoms with E-state index in [0.717, 1.165) is 70.4 Å². The summed E-state index contributed by atoms with van der Waals surface area (Å²) in [5.41, 5.74) is 2.76. The van der Waals surface area contributed by atoms with E-state index in [1.165, 1.54) is 47.6 Å². The van der Waals surface area contributed by atoms with E-state index in [9.17, 15) is 4.79 Å². The number of fused-ring (bicyclic) bond motifs is 1. The van der Waals surface area contributed by atoms with Gasteiger partial charge in [-0.3, -0.25) is 4.79 Å². The van der Waals surface area contributed by atoms with Crippen molar-refractivity contribution in [2.75, 3.05) is 31.2 Å². The van der Waals surface area contributed by atoms with Gasteiger partial charge in [0.2, 0.25) is 5.13 Å². The molecule has 0 spiro atoms. The predicted molar refractivity (Wildman–Crippen MR) is 181 cm³/mol. The Hall–Kier alpha value is -3.70. The summed E-state index contributed by atoms with van der Waals surface area (Å²) in [7, 11) is 0. The zero-order chi connectivity index (χ0) is 31.0. The summed E-state index contributed by atoms with van der Waals surface area (Å²) in [5, 5.41) is 18.9. The average molecular weight is 635 g/mol. The molecule has 2 aromatic heterocycles. The van der Waals surface area contributed by atoms with Gasteiger partial charge in [0.05, 0.1) is 29.3 Å². The van der Waals surface area contributed by atoms with Gasteiger partial charge in [-0.05, 0) is 81.3 Å². The van der Waals surface area contributed by atoms with E-state index in [-0.39, 0.29) is 5.97 Å². The number of anilines is 1. The zero-order valence-electron chi connectivity index (χ0n) is 25.9. The highest BCUT2D eigenvalue weighted by molar-refractivity contribution is 7.30. The van der Waals surface area contributed by atoms with Crippen molar-refractivity contribution in [3.05, 3.63) is 54.6 Å². The number of azo groups is 2. The van der Waals surface area contributed by atoms with Crippen molar-refractivity contribution >= 4 is 65.4 Å². The number of aromatic nitrogens is 1. The topological polar surface area (TPSA) is 101 Å². The standard InChI is InChI=1S/C33H42N6O3S2/c1-4-31(40)42-23-13-11-9-7-8-10-12-22-41-28-20-16-26(17-21-28)35-37-30-24-29-32(44-30)34-33(43-29)38-36-25-14-18-27(19-15-25)39(5-2)6-3/h14-21,24H,4-13,22-23H2,1-3H3. The Morgan fingerprint density at radius 3 is 2.00 bits per heavy atom. The van der Waals surface area contributed by atoms with E-state index in [4.69, 9.17) is 9.47 Å². The van der Waals surface area contributed by atoms with E-state index in [1.54, 1.807) is 0 Å². The molecule has 0 radical (unpaired) electrons. The molecular formula is C33H42N6O3S2. The summed E-state index contributed by atoms with van der Waals surface area (Å²) in [6.07, 6.45) is 8.29. The number of hydrogen-bond donors (Lipinski definition) is 0. The maximum atomic E-state index is 11.1. The molecule has 9 nitrogen and oxygen atoms in total. The van der Waals surface area contributed by atoms with Crippen LogP contribution in [0.5, 0.6) is 5.75 Å². The van der Waals surface area contributed by atoms with Crippen LogP contribution >= 0.6 is 22.7 Å². The molecule has 4 aromatic rings. The first-order valence-electron chi connectivity index (χ1n) is 15.5. The van der Waals surface area contributed by atoms with Gasteiger partial charge in [0.25, 0.3) is 0 Å². The highest BCUT2D eigenvalue weighted by Crippen LogP contribution is 2.39. The maximum Gasteiger partial charge on any atom is 0.305 e.